The summed E-state index contributed by atoms with van der Waals surface area (Å²) in [5.41, 5.74) is 3.40. The zero-order valence-corrected chi connectivity index (χ0v) is 16.9. The lowest BCUT2D eigenvalue weighted by Crippen LogP contribution is -2.58. The van der Waals surface area contributed by atoms with Gasteiger partial charge in [-0.05, 0) is 39.5 Å². The van der Waals surface area contributed by atoms with Gasteiger partial charge < -0.3 is 9.88 Å². The first-order valence-electron chi connectivity index (χ1n) is 10.7. The average Bonchev–Trinajstić information content (AvgIpc) is 3.23. The zero-order valence-electron chi connectivity index (χ0n) is 16.9. The molecule has 0 radical (unpaired) electrons. The number of aromatic nitrogens is 4. The number of hydrogen-bond donors (Lipinski definition) is 1. The SMILES string of the molecule is CC(C)n1cc(CN2CCC3(CC2)c2nc[nH]c2CCN3C(=O)C2CC2)cn1. The number of carbonyl (C=O) groups is 1. The molecule has 7 heteroatoms. The van der Waals surface area contributed by atoms with Crippen LogP contribution >= 0.6 is 0 Å². The highest BCUT2D eigenvalue weighted by atomic mass is 16.2. The van der Waals surface area contributed by atoms with Crippen LogP contribution in [0.4, 0.5) is 0 Å². The molecule has 1 N–H and O–H groups in total. The van der Waals surface area contributed by atoms with Gasteiger partial charge in [0.15, 0.2) is 0 Å². The number of imidazole rings is 1. The molecule has 1 spiro atoms. The fraction of sp³-hybridized carbons (Fsp3) is 0.667. The van der Waals surface area contributed by atoms with E-state index in [0.717, 1.165) is 64.0 Å². The minimum Gasteiger partial charge on any atom is -0.348 e. The monoisotopic (exact) mass is 382 g/mol. The summed E-state index contributed by atoms with van der Waals surface area (Å²) in [5.74, 6) is 0.623. The van der Waals surface area contributed by atoms with Gasteiger partial charge in [-0.1, -0.05) is 0 Å². The largest absolute Gasteiger partial charge is 0.348 e. The van der Waals surface area contributed by atoms with E-state index in [1.807, 2.05) is 17.2 Å². The van der Waals surface area contributed by atoms with Gasteiger partial charge in [0.2, 0.25) is 5.91 Å². The van der Waals surface area contributed by atoms with E-state index >= 15 is 0 Å². The third-order valence-electron chi connectivity index (χ3n) is 6.73. The van der Waals surface area contributed by atoms with E-state index in [1.54, 1.807) is 0 Å². The van der Waals surface area contributed by atoms with Gasteiger partial charge in [-0.15, -0.1) is 0 Å². The number of nitrogens with zero attached hydrogens (tertiary/aromatic N) is 5. The van der Waals surface area contributed by atoms with Crippen molar-refractivity contribution in [2.75, 3.05) is 19.6 Å². The number of carbonyl (C=O) groups excluding carboxylic acids is 1. The Kier molecular flexibility index (Phi) is 4.30. The third-order valence-corrected chi connectivity index (χ3v) is 6.73. The first-order valence-corrected chi connectivity index (χ1v) is 10.7. The standard InChI is InChI=1S/C21H30N6O/c1-15(2)27-13-16(11-24-27)12-25-9-6-21(7-10-25)19-18(22-14-23-19)5-8-26(21)20(28)17-3-4-17/h11,13-15,17H,3-10,12H2,1-2H3,(H,22,23). The maximum Gasteiger partial charge on any atom is 0.226 e. The molecule has 0 aromatic carbocycles. The topological polar surface area (TPSA) is 70.1 Å². The van der Waals surface area contributed by atoms with Crippen LogP contribution in [0.2, 0.25) is 0 Å². The molecular weight excluding hydrogens is 352 g/mol. The van der Waals surface area contributed by atoms with Crippen LogP contribution in [0.1, 0.15) is 62.5 Å². The molecule has 2 fully saturated rings. The van der Waals surface area contributed by atoms with E-state index in [0.29, 0.717) is 11.9 Å². The van der Waals surface area contributed by atoms with Crippen LogP contribution in [0.25, 0.3) is 0 Å². The molecule has 28 heavy (non-hydrogen) atoms. The van der Waals surface area contributed by atoms with Crippen molar-refractivity contribution in [1.29, 1.82) is 0 Å². The number of likely N-dealkylation sites (tertiary alicyclic amines) is 1. The Labute approximate surface area is 166 Å². The summed E-state index contributed by atoms with van der Waals surface area (Å²) >= 11 is 0. The van der Waals surface area contributed by atoms with Gasteiger partial charge >= 0.3 is 0 Å². The first-order chi connectivity index (χ1) is 13.6. The van der Waals surface area contributed by atoms with Crippen molar-refractivity contribution < 1.29 is 4.79 Å². The number of rotatable bonds is 4. The van der Waals surface area contributed by atoms with Crippen molar-refractivity contribution >= 4 is 5.91 Å². The maximum atomic E-state index is 13.1. The van der Waals surface area contributed by atoms with E-state index in [1.165, 1.54) is 11.3 Å². The van der Waals surface area contributed by atoms with Crippen LogP contribution in [-0.2, 0) is 23.3 Å². The summed E-state index contributed by atoms with van der Waals surface area (Å²) in [7, 11) is 0. The number of fused-ring (bicyclic) bond motifs is 2. The highest BCUT2D eigenvalue weighted by Gasteiger charge is 2.50. The zero-order chi connectivity index (χ0) is 19.3. The summed E-state index contributed by atoms with van der Waals surface area (Å²) in [4.78, 5) is 25.8. The third kappa shape index (κ3) is 2.96. The van der Waals surface area contributed by atoms with Gasteiger partial charge in [-0.25, -0.2) is 4.98 Å². The molecule has 2 aliphatic heterocycles. The van der Waals surface area contributed by atoms with Crippen molar-refractivity contribution in [2.24, 2.45) is 5.92 Å². The Balaban J connectivity index is 1.34. The number of aromatic amines is 1. The molecule has 1 saturated carbocycles. The molecule has 1 aliphatic carbocycles. The summed E-state index contributed by atoms with van der Waals surface area (Å²) in [6, 6.07) is 0.390. The fourth-order valence-electron chi connectivity index (χ4n) is 4.94. The number of nitrogens with one attached hydrogen (secondary N) is 1. The molecule has 7 nitrogen and oxygen atoms in total. The van der Waals surface area contributed by atoms with Crippen LogP contribution < -0.4 is 0 Å². The lowest BCUT2D eigenvalue weighted by molar-refractivity contribution is -0.143. The van der Waals surface area contributed by atoms with Crippen molar-refractivity contribution in [3.63, 3.8) is 0 Å². The smallest absolute Gasteiger partial charge is 0.226 e. The Morgan fingerprint density at radius 3 is 2.75 bits per heavy atom. The lowest BCUT2D eigenvalue weighted by Gasteiger charge is -2.50. The Bertz CT molecular complexity index is 856. The van der Waals surface area contributed by atoms with Gasteiger partial charge in [0.25, 0.3) is 0 Å². The maximum absolute atomic E-state index is 13.1. The molecule has 2 aromatic heterocycles. The molecule has 0 bridgehead atoms. The second-order valence-electron chi connectivity index (χ2n) is 8.97. The van der Waals surface area contributed by atoms with Crippen LogP contribution in [-0.4, -0.2) is 55.1 Å². The van der Waals surface area contributed by atoms with Gasteiger partial charge in [0.1, 0.15) is 0 Å². The molecule has 1 saturated heterocycles. The fourth-order valence-corrected chi connectivity index (χ4v) is 4.94. The van der Waals surface area contributed by atoms with Gasteiger partial charge in [0.05, 0.1) is 23.8 Å². The Hall–Kier alpha value is -2.15. The van der Waals surface area contributed by atoms with Gasteiger partial charge in [-0.3, -0.25) is 14.4 Å². The summed E-state index contributed by atoms with van der Waals surface area (Å²) in [5, 5.41) is 4.47. The molecule has 1 amide bonds. The predicted octanol–water partition coefficient (Wildman–Crippen LogP) is 2.47. The molecule has 150 valence electrons. The summed E-state index contributed by atoms with van der Waals surface area (Å²) in [6.45, 7) is 8.01. The highest BCUT2D eigenvalue weighted by molar-refractivity contribution is 5.82. The van der Waals surface area contributed by atoms with E-state index in [-0.39, 0.29) is 11.5 Å². The molecule has 0 unspecified atom stereocenters. The van der Waals surface area contributed by atoms with E-state index in [4.69, 9.17) is 4.98 Å². The molecule has 0 atom stereocenters. The normalized spacial score (nSPS) is 22.0. The van der Waals surface area contributed by atoms with Gasteiger partial charge in [-0.2, -0.15) is 5.10 Å². The minimum absolute atomic E-state index is 0.216. The molecule has 5 rings (SSSR count). The first kappa shape index (κ1) is 17.9. The lowest BCUT2D eigenvalue weighted by atomic mass is 9.78. The summed E-state index contributed by atoms with van der Waals surface area (Å²) < 4.78 is 2.02. The molecule has 4 heterocycles. The second-order valence-corrected chi connectivity index (χ2v) is 8.97. The second kappa shape index (κ2) is 6.72. The van der Waals surface area contributed by atoms with E-state index in [2.05, 4.69) is 39.9 Å². The van der Waals surface area contributed by atoms with Crippen molar-refractivity contribution in [3.8, 4) is 0 Å². The quantitative estimate of drug-likeness (QED) is 0.882. The number of amides is 1. The van der Waals surface area contributed by atoms with E-state index in [9.17, 15) is 4.79 Å². The van der Waals surface area contributed by atoms with Crippen molar-refractivity contribution in [2.45, 2.75) is 64.1 Å². The van der Waals surface area contributed by atoms with E-state index < -0.39 is 0 Å². The Morgan fingerprint density at radius 2 is 2.07 bits per heavy atom. The van der Waals surface area contributed by atoms with Gasteiger partial charge in [0, 0.05) is 62.0 Å². The molecular formula is C21H30N6O. The summed E-state index contributed by atoms with van der Waals surface area (Å²) in [6.07, 6.45) is 10.9. The number of H-pyrrole nitrogens is 1. The Morgan fingerprint density at radius 1 is 1.29 bits per heavy atom. The van der Waals surface area contributed by atoms with Crippen LogP contribution in [0.5, 0.6) is 0 Å². The highest BCUT2D eigenvalue weighted by Crippen LogP contribution is 2.45. The van der Waals surface area contributed by atoms with Crippen LogP contribution in [0, 0.1) is 5.92 Å². The molecule has 3 aliphatic rings. The predicted molar refractivity (Wildman–Crippen MR) is 106 cm³/mol. The minimum atomic E-state index is -0.216. The van der Waals surface area contributed by atoms with Crippen molar-refractivity contribution in [1.82, 2.24) is 29.5 Å². The van der Waals surface area contributed by atoms with Crippen molar-refractivity contribution in [3.05, 3.63) is 35.7 Å². The number of piperidine rings is 1. The molecule has 2 aromatic rings. The van der Waals surface area contributed by atoms with Crippen LogP contribution in [0.15, 0.2) is 18.7 Å². The average molecular weight is 383 g/mol. The number of hydrogen-bond acceptors (Lipinski definition) is 4. The van der Waals surface area contributed by atoms with Crippen LogP contribution in [0.3, 0.4) is 0 Å².